The number of nitrogens with one attached hydrogen (secondary N) is 2. The molecule has 0 saturated carbocycles. The number of aromatic nitrogens is 1. The zero-order valence-corrected chi connectivity index (χ0v) is 20.3. The first kappa shape index (κ1) is 22.6. The number of amides is 3. The lowest BCUT2D eigenvalue weighted by Crippen LogP contribution is -2.55. The maximum Gasteiger partial charge on any atom is 0.244 e. The summed E-state index contributed by atoms with van der Waals surface area (Å²) in [7, 11) is 0. The van der Waals surface area contributed by atoms with E-state index in [-0.39, 0.29) is 30.3 Å². The molecule has 1 aromatic heterocycles. The van der Waals surface area contributed by atoms with Crippen molar-refractivity contribution < 1.29 is 14.4 Å². The summed E-state index contributed by atoms with van der Waals surface area (Å²) in [5, 5.41) is 5.91. The summed E-state index contributed by atoms with van der Waals surface area (Å²) in [4.78, 5) is 45.1. The van der Waals surface area contributed by atoms with E-state index in [1.54, 1.807) is 11.1 Å². The molecule has 5 rings (SSSR count). The Morgan fingerprint density at radius 1 is 1.21 bits per heavy atom. The quantitative estimate of drug-likeness (QED) is 0.728. The number of rotatable bonds is 4. The van der Waals surface area contributed by atoms with Gasteiger partial charge in [-0.3, -0.25) is 14.4 Å². The molecule has 2 aromatic rings. The molecule has 178 valence electrons. The van der Waals surface area contributed by atoms with Gasteiger partial charge in [-0.15, -0.1) is 0 Å². The molecule has 2 aliphatic heterocycles. The topological polar surface area (TPSA) is 91.4 Å². The van der Waals surface area contributed by atoms with Crippen LogP contribution in [0.2, 0.25) is 0 Å². The number of nitrogens with zero attached hydrogens (tertiary/aromatic N) is 2. The minimum atomic E-state index is -0.634. The van der Waals surface area contributed by atoms with Gasteiger partial charge in [-0.05, 0) is 60.9 Å². The molecule has 1 spiro atoms. The van der Waals surface area contributed by atoms with Crippen molar-refractivity contribution in [3.63, 3.8) is 0 Å². The third-order valence-corrected chi connectivity index (χ3v) is 7.85. The molecule has 1 unspecified atom stereocenters. The molecule has 1 fully saturated rings. The second kappa shape index (κ2) is 7.93. The Labute approximate surface area is 200 Å². The van der Waals surface area contributed by atoms with Gasteiger partial charge in [0, 0.05) is 28.9 Å². The van der Waals surface area contributed by atoms with Gasteiger partial charge in [0.2, 0.25) is 17.7 Å². The molecular formula is C27H32N4O3. The van der Waals surface area contributed by atoms with E-state index in [2.05, 4.69) is 29.5 Å². The van der Waals surface area contributed by atoms with Crippen molar-refractivity contribution in [3.8, 4) is 0 Å². The van der Waals surface area contributed by atoms with E-state index in [0.717, 1.165) is 29.5 Å². The van der Waals surface area contributed by atoms with Gasteiger partial charge in [-0.25, -0.2) is 4.98 Å². The van der Waals surface area contributed by atoms with Crippen molar-refractivity contribution >= 4 is 29.2 Å². The molecule has 1 aliphatic carbocycles. The molecule has 2 atom stereocenters. The van der Waals surface area contributed by atoms with Crippen LogP contribution in [0.25, 0.3) is 0 Å². The number of fused-ring (bicyclic) bond motifs is 3. The first-order chi connectivity index (χ1) is 16.1. The second-order valence-electron chi connectivity index (χ2n) is 11.0. The SMILES string of the molecule is CC(C)[C@@H]1CCC(C)(C)C(=O)N1CC(=O)Nc1ccc2c(c1)CC1(C2)C(=O)Nc2ncccc21. The average molecular weight is 461 g/mol. The van der Waals surface area contributed by atoms with E-state index in [4.69, 9.17) is 0 Å². The van der Waals surface area contributed by atoms with Crippen LogP contribution < -0.4 is 10.6 Å². The zero-order valence-electron chi connectivity index (χ0n) is 20.3. The number of carbonyl (C=O) groups is 3. The third-order valence-electron chi connectivity index (χ3n) is 7.85. The number of anilines is 2. The van der Waals surface area contributed by atoms with Crippen LogP contribution in [0.1, 0.15) is 57.2 Å². The maximum atomic E-state index is 13.1. The lowest BCUT2D eigenvalue weighted by atomic mass is 9.78. The van der Waals surface area contributed by atoms with Crippen molar-refractivity contribution in [1.82, 2.24) is 9.88 Å². The molecule has 7 heteroatoms. The zero-order chi connectivity index (χ0) is 24.3. The van der Waals surface area contributed by atoms with Gasteiger partial charge in [-0.2, -0.15) is 0 Å². The fraction of sp³-hybridized carbons (Fsp3) is 0.481. The summed E-state index contributed by atoms with van der Waals surface area (Å²) in [5.74, 6) is 0.760. The Kier molecular flexibility index (Phi) is 5.26. The van der Waals surface area contributed by atoms with Crippen LogP contribution in [0, 0.1) is 11.3 Å². The molecule has 1 aromatic carbocycles. The minimum Gasteiger partial charge on any atom is -0.330 e. The van der Waals surface area contributed by atoms with Crippen LogP contribution in [0.5, 0.6) is 0 Å². The summed E-state index contributed by atoms with van der Waals surface area (Å²) < 4.78 is 0. The number of carbonyl (C=O) groups excluding carboxylic acids is 3. The standard InChI is InChI=1S/C27H32N4O3/c1-16(2)21-9-10-26(3,4)25(34)31(21)15-22(32)29-19-8-7-17-13-27(14-18(17)12-19)20-6-5-11-28-23(20)30-24(27)33/h5-8,11-12,16,21H,9-10,13-15H2,1-4H3,(H,29,32)(H,28,30,33)/t21-,27?/m0/s1. The van der Waals surface area contributed by atoms with Crippen LogP contribution in [0.3, 0.4) is 0 Å². The lowest BCUT2D eigenvalue weighted by molar-refractivity contribution is -0.151. The van der Waals surface area contributed by atoms with Crippen LogP contribution in [-0.4, -0.2) is 40.2 Å². The Hall–Kier alpha value is -3.22. The number of piperidine rings is 1. The van der Waals surface area contributed by atoms with Crippen LogP contribution in [-0.2, 0) is 32.6 Å². The first-order valence-electron chi connectivity index (χ1n) is 12.1. The number of hydrogen-bond acceptors (Lipinski definition) is 4. The Morgan fingerprint density at radius 3 is 2.74 bits per heavy atom. The normalized spacial score (nSPS) is 24.9. The van der Waals surface area contributed by atoms with E-state index in [9.17, 15) is 14.4 Å². The minimum absolute atomic E-state index is 0.0195. The summed E-state index contributed by atoms with van der Waals surface area (Å²) in [6.45, 7) is 8.17. The van der Waals surface area contributed by atoms with Crippen LogP contribution in [0.4, 0.5) is 11.5 Å². The van der Waals surface area contributed by atoms with Crippen LogP contribution in [0.15, 0.2) is 36.5 Å². The van der Waals surface area contributed by atoms with E-state index >= 15 is 0 Å². The maximum absolute atomic E-state index is 13.1. The molecule has 7 nitrogen and oxygen atoms in total. The van der Waals surface area contributed by atoms with Gasteiger partial charge in [0.1, 0.15) is 12.4 Å². The van der Waals surface area contributed by atoms with Gasteiger partial charge in [0.25, 0.3) is 0 Å². The van der Waals surface area contributed by atoms with E-state index < -0.39 is 10.8 Å². The Bertz CT molecular complexity index is 1190. The third kappa shape index (κ3) is 3.58. The van der Waals surface area contributed by atoms with Crippen molar-refractivity contribution in [1.29, 1.82) is 0 Å². The highest BCUT2D eigenvalue weighted by atomic mass is 16.2. The van der Waals surface area contributed by atoms with Crippen molar-refractivity contribution in [3.05, 3.63) is 53.2 Å². The molecule has 0 radical (unpaired) electrons. The predicted molar refractivity (Wildman–Crippen MR) is 130 cm³/mol. The summed E-state index contributed by atoms with van der Waals surface area (Å²) in [6.07, 6.45) is 4.62. The van der Waals surface area contributed by atoms with Gasteiger partial charge in [0.05, 0.1) is 5.41 Å². The molecule has 2 N–H and O–H groups in total. The number of pyridine rings is 1. The van der Waals surface area contributed by atoms with Crippen molar-refractivity contribution in [2.45, 2.75) is 64.8 Å². The summed E-state index contributed by atoms with van der Waals surface area (Å²) in [6, 6.07) is 9.74. The van der Waals surface area contributed by atoms with Crippen LogP contribution >= 0.6 is 0 Å². The molecule has 3 heterocycles. The van der Waals surface area contributed by atoms with Gasteiger partial charge in [-0.1, -0.05) is 39.8 Å². The predicted octanol–water partition coefficient (Wildman–Crippen LogP) is 3.68. The fourth-order valence-corrected chi connectivity index (χ4v) is 5.89. The molecule has 1 saturated heterocycles. The largest absolute Gasteiger partial charge is 0.330 e. The first-order valence-corrected chi connectivity index (χ1v) is 12.1. The molecule has 0 bridgehead atoms. The highest BCUT2D eigenvalue weighted by Crippen LogP contribution is 2.47. The average Bonchev–Trinajstić information content (AvgIpc) is 3.29. The molecule has 3 amide bonds. The number of benzene rings is 1. The van der Waals surface area contributed by atoms with Gasteiger partial charge < -0.3 is 15.5 Å². The lowest BCUT2D eigenvalue weighted by Gasteiger charge is -2.44. The Balaban J connectivity index is 1.32. The highest BCUT2D eigenvalue weighted by Gasteiger charge is 2.51. The fourth-order valence-electron chi connectivity index (χ4n) is 5.89. The van der Waals surface area contributed by atoms with E-state index in [1.807, 2.05) is 44.2 Å². The van der Waals surface area contributed by atoms with Gasteiger partial charge in [0.15, 0.2) is 0 Å². The molecule has 3 aliphatic rings. The number of hydrogen-bond donors (Lipinski definition) is 2. The summed E-state index contributed by atoms with van der Waals surface area (Å²) in [5.41, 5.74) is 2.71. The van der Waals surface area contributed by atoms with Crippen molar-refractivity contribution in [2.75, 3.05) is 17.2 Å². The van der Waals surface area contributed by atoms with E-state index in [1.165, 1.54) is 0 Å². The van der Waals surface area contributed by atoms with Gasteiger partial charge >= 0.3 is 0 Å². The summed E-state index contributed by atoms with van der Waals surface area (Å²) >= 11 is 0. The van der Waals surface area contributed by atoms with Crippen molar-refractivity contribution in [2.24, 2.45) is 11.3 Å². The molecular weight excluding hydrogens is 428 g/mol. The number of likely N-dealkylation sites (tertiary alicyclic amines) is 1. The van der Waals surface area contributed by atoms with E-state index in [0.29, 0.717) is 30.3 Å². The Morgan fingerprint density at radius 2 is 1.97 bits per heavy atom. The monoisotopic (exact) mass is 460 g/mol. The smallest absolute Gasteiger partial charge is 0.244 e. The second-order valence-corrected chi connectivity index (χ2v) is 11.0. The highest BCUT2D eigenvalue weighted by molar-refractivity contribution is 6.06. The molecule has 34 heavy (non-hydrogen) atoms.